The highest BCUT2D eigenvalue weighted by Crippen LogP contribution is 2.52. The molecule has 8 heteroatoms. The number of nitrogens with zero attached hydrogens (tertiary/aromatic N) is 5. The normalized spacial score (nSPS) is 25.7. The smallest absolute Gasteiger partial charge is 0.233 e. The fourth-order valence-corrected chi connectivity index (χ4v) is 7.60. The van der Waals surface area contributed by atoms with Gasteiger partial charge in [0.15, 0.2) is 5.16 Å². The second-order valence-electron chi connectivity index (χ2n) is 12.0. The maximum atomic E-state index is 13.2. The number of benzene rings is 1. The molecule has 2 bridgehead atoms. The Balaban J connectivity index is 1.13. The summed E-state index contributed by atoms with van der Waals surface area (Å²) < 4.78 is 0. The van der Waals surface area contributed by atoms with Gasteiger partial charge in [-0.3, -0.25) is 9.69 Å². The molecule has 0 radical (unpaired) electrons. The van der Waals surface area contributed by atoms with E-state index in [9.17, 15) is 4.79 Å². The molecular weight excluding hydrogens is 502 g/mol. The predicted molar refractivity (Wildman–Crippen MR) is 153 cm³/mol. The van der Waals surface area contributed by atoms with Crippen LogP contribution in [0.5, 0.6) is 0 Å². The summed E-state index contributed by atoms with van der Waals surface area (Å²) in [6.45, 7) is 12.5. The first-order valence-corrected chi connectivity index (χ1v) is 14.7. The molecule has 6 nitrogen and oxygen atoms in total. The highest BCUT2D eigenvalue weighted by molar-refractivity contribution is 7.99. The number of hydrogen-bond donors (Lipinski definition) is 0. The summed E-state index contributed by atoms with van der Waals surface area (Å²) >= 11 is 7.79. The van der Waals surface area contributed by atoms with Gasteiger partial charge < -0.3 is 9.80 Å². The lowest BCUT2D eigenvalue weighted by atomic mass is 9.65. The van der Waals surface area contributed by atoms with Crippen molar-refractivity contribution in [2.45, 2.75) is 51.2 Å². The summed E-state index contributed by atoms with van der Waals surface area (Å²) in [6, 6.07) is 12.6. The van der Waals surface area contributed by atoms with Crippen molar-refractivity contribution >= 4 is 41.2 Å². The molecule has 2 unspecified atom stereocenters. The summed E-state index contributed by atoms with van der Waals surface area (Å²) in [5.41, 5.74) is 1.77. The van der Waals surface area contributed by atoms with Gasteiger partial charge in [0.2, 0.25) is 5.91 Å². The standard InChI is InChI=1S/C29H38ClN5OS/c1-28(2)17-23-18-29(3,20-28)21-35(23)26(36)19-37-27-31-24(30)16-25(32-27)34-14-12-33(13-15-34)11-7-10-22-8-5-4-6-9-22/h4-10,16,23H,11-15,17-21H2,1-3H3. The fraction of sp³-hybridized carbons (Fsp3) is 0.552. The van der Waals surface area contributed by atoms with Crippen LogP contribution in [0.2, 0.25) is 5.15 Å². The summed E-state index contributed by atoms with van der Waals surface area (Å²) in [7, 11) is 0. The monoisotopic (exact) mass is 539 g/mol. The lowest BCUT2D eigenvalue weighted by Gasteiger charge is -2.39. The number of hydrogen-bond acceptors (Lipinski definition) is 6. The van der Waals surface area contributed by atoms with Gasteiger partial charge in [-0.2, -0.15) is 0 Å². The third-order valence-corrected chi connectivity index (χ3v) is 8.92. The average Bonchev–Trinajstić information content (AvgIpc) is 3.12. The number of rotatable bonds is 7. The van der Waals surface area contributed by atoms with Crippen LogP contribution in [-0.4, -0.2) is 76.7 Å². The van der Waals surface area contributed by atoms with Gasteiger partial charge in [-0.1, -0.05) is 86.6 Å². The summed E-state index contributed by atoms with van der Waals surface area (Å²) in [5.74, 6) is 1.40. The minimum Gasteiger partial charge on any atom is -0.354 e. The Morgan fingerprint density at radius 1 is 1.11 bits per heavy atom. The molecule has 2 aliphatic heterocycles. The van der Waals surface area contributed by atoms with Gasteiger partial charge in [0.25, 0.3) is 0 Å². The van der Waals surface area contributed by atoms with Crippen LogP contribution in [0.4, 0.5) is 5.82 Å². The van der Waals surface area contributed by atoms with Crippen molar-refractivity contribution in [1.82, 2.24) is 19.8 Å². The van der Waals surface area contributed by atoms with Crippen LogP contribution in [0.1, 0.15) is 45.6 Å². The van der Waals surface area contributed by atoms with Gasteiger partial charge in [-0.25, -0.2) is 9.97 Å². The van der Waals surface area contributed by atoms with Crippen LogP contribution in [0.3, 0.4) is 0 Å². The largest absolute Gasteiger partial charge is 0.354 e. The molecular formula is C29H38ClN5OS. The number of carbonyl (C=O) groups is 1. The Labute approximate surface area is 230 Å². The minimum absolute atomic E-state index is 0.193. The second-order valence-corrected chi connectivity index (χ2v) is 13.3. The van der Waals surface area contributed by atoms with Gasteiger partial charge >= 0.3 is 0 Å². The molecule has 1 aliphatic carbocycles. The van der Waals surface area contributed by atoms with Crippen LogP contribution in [-0.2, 0) is 4.79 Å². The van der Waals surface area contributed by atoms with Crippen molar-refractivity contribution < 1.29 is 4.79 Å². The molecule has 2 saturated heterocycles. The topological polar surface area (TPSA) is 52.6 Å². The Morgan fingerprint density at radius 3 is 2.62 bits per heavy atom. The van der Waals surface area contributed by atoms with Crippen molar-refractivity contribution in [1.29, 1.82) is 0 Å². The van der Waals surface area contributed by atoms with E-state index in [4.69, 9.17) is 16.6 Å². The fourth-order valence-electron chi connectivity index (χ4n) is 6.63. The average molecular weight is 540 g/mol. The van der Waals surface area contributed by atoms with Crippen LogP contribution in [0.25, 0.3) is 6.08 Å². The Morgan fingerprint density at radius 2 is 1.86 bits per heavy atom. The molecule has 1 saturated carbocycles. The van der Waals surface area contributed by atoms with Crippen LogP contribution >= 0.6 is 23.4 Å². The number of likely N-dealkylation sites (tertiary alicyclic amines) is 1. The molecule has 37 heavy (non-hydrogen) atoms. The number of amides is 1. The zero-order chi connectivity index (χ0) is 26.0. The van der Waals surface area contributed by atoms with E-state index in [2.05, 4.69) is 76.9 Å². The van der Waals surface area contributed by atoms with E-state index >= 15 is 0 Å². The second kappa shape index (κ2) is 11.0. The molecule has 3 fully saturated rings. The van der Waals surface area contributed by atoms with E-state index in [0.717, 1.165) is 57.9 Å². The van der Waals surface area contributed by atoms with Crippen LogP contribution in [0, 0.1) is 10.8 Å². The Bertz CT molecular complexity index is 1130. The van der Waals surface area contributed by atoms with Gasteiger partial charge in [0.05, 0.1) is 5.75 Å². The molecule has 1 aromatic heterocycles. The number of piperazine rings is 1. The summed E-state index contributed by atoms with van der Waals surface area (Å²) in [4.78, 5) is 29.2. The van der Waals surface area contributed by atoms with Gasteiger partial charge in [0.1, 0.15) is 11.0 Å². The molecule has 2 atom stereocenters. The quantitative estimate of drug-likeness (QED) is 0.264. The highest BCUT2D eigenvalue weighted by Gasteiger charge is 2.50. The van der Waals surface area contributed by atoms with E-state index in [0.29, 0.717) is 27.5 Å². The van der Waals surface area contributed by atoms with E-state index in [1.165, 1.54) is 23.7 Å². The molecule has 198 valence electrons. The van der Waals surface area contributed by atoms with Gasteiger partial charge in [-0.05, 0) is 35.7 Å². The number of thioether (sulfide) groups is 1. The third kappa shape index (κ3) is 6.68. The SMILES string of the molecule is CC1(C)CC2CC(C)(CN2C(=O)CSc2nc(Cl)cc(N3CCN(CC=Cc4ccccc4)CC3)n2)C1. The zero-order valence-electron chi connectivity index (χ0n) is 22.2. The number of aromatic nitrogens is 2. The minimum atomic E-state index is 0.193. The van der Waals surface area contributed by atoms with Crippen molar-refractivity contribution in [3.05, 3.63) is 53.2 Å². The molecule has 2 aromatic rings. The van der Waals surface area contributed by atoms with E-state index in [1.807, 2.05) is 12.1 Å². The Hall–Kier alpha value is -2.09. The zero-order valence-corrected chi connectivity index (χ0v) is 23.8. The van der Waals surface area contributed by atoms with E-state index in [-0.39, 0.29) is 11.3 Å². The van der Waals surface area contributed by atoms with Gasteiger partial charge in [0, 0.05) is 51.4 Å². The summed E-state index contributed by atoms with van der Waals surface area (Å²) in [6.07, 6.45) is 7.81. The first kappa shape index (κ1) is 26.5. The number of halogens is 1. The third-order valence-electron chi connectivity index (χ3n) is 7.89. The summed E-state index contributed by atoms with van der Waals surface area (Å²) in [5, 5.41) is 1.01. The first-order chi connectivity index (χ1) is 17.7. The van der Waals surface area contributed by atoms with E-state index in [1.54, 1.807) is 0 Å². The van der Waals surface area contributed by atoms with Crippen LogP contribution < -0.4 is 4.90 Å². The first-order valence-electron chi connectivity index (χ1n) is 13.3. The Kier molecular flexibility index (Phi) is 7.85. The molecule has 5 rings (SSSR count). The number of fused-ring (bicyclic) bond motifs is 2. The maximum Gasteiger partial charge on any atom is 0.233 e. The van der Waals surface area contributed by atoms with Crippen molar-refractivity contribution in [3.8, 4) is 0 Å². The molecule has 0 N–H and O–H groups in total. The van der Waals surface area contributed by atoms with Crippen LogP contribution in [0.15, 0.2) is 47.6 Å². The van der Waals surface area contributed by atoms with Crippen molar-refractivity contribution in [3.63, 3.8) is 0 Å². The lowest BCUT2D eigenvalue weighted by molar-refractivity contribution is -0.129. The molecule has 1 aromatic carbocycles. The number of carbonyl (C=O) groups excluding carboxylic acids is 1. The van der Waals surface area contributed by atoms with Crippen molar-refractivity contribution in [2.24, 2.45) is 10.8 Å². The van der Waals surface area contributed by atoms with Gasteiger partial charge in [-0.15, -0.1) is 0 Å². The highest BCUT2D eigenvalue weighted by atomic mass is 35.5. The molecule has 1 amide bonds. The van der Waals surface area contributed by atoms with E-state index < -0.39 is 0 Å². The molecule has 0 spiro atoms. The van der Waals surface area contributed by atoms with Crippen molar-refractivity contribution in [2.75, 3.05) is 49.9 Å². The number of anilines is 1. The molecule has 3 heterocycles. The lowest BCUT2D eigenvalue weighted by Crippen LogP contribution is -2.46. The predicted octanol–water partition coefficient (Wildman–Crippen LogP) is 5.48. The molecule has 3 aliphatic rings. The maximum absolute atomic E-state index is 13.2.